The number of hydrogen-bond acceptors (Lipinski definition) is 3. The zero-order chi connectivity index (χ0) is 11.9. The molecule has 0 aromatic heterocycles. The highest BCUT2D eigenvalue weighted by molar-refractivity contribution is 5.83. The topological polar surface area (TPSA) is 86.6 Å². The van der Waals surface area contributed by atoms with Crippen molar-refractivity contribution in [3.63, 3.8) is 0 Å². The molecule has 0 spiro atoms. The van der Waals surface area contributed by atoms with Gasteiger partial charge in [0.15, 0.2) is 5.60 Å². The molecule has 1 aliphatic rings. The molecule has 1 rings (SSSR count). The summed E-state index contributed by atoms with van der Waals surface area (Å²) in [5.74, 6) is -3.63. The molecule has 1 amide bonds. The van der Waals surface area contributed by atoms with Crippen molar-refractivity contribution in [2.75, 3.05) is 0 Å². The van der Waals surface area contributed by atoms with Gasteiger partial charge in [0.1, 0.15) is 0 Å². The maximum absolute atomic E-state index is 11.7. The van der Waals surface area contributed by atoms with Crippen LogP contribution in [0.4, 0.5) is 13.2 Å². The molecule has 0 unspecified atom stereocenters. The van der Waals surface area contributed by atoms with Crippen LogP contribution in [0, 0.1) is 0 Å². The monoisotopic (exact) mass is 227 g/mol. The van der Waals surface area contributed by atoms with Gasteiger partial charge in [-0.15, -0.1) is 0 Å². The highest BCUT2D eigenvalue weighted by Crippen LogP contribution is 2.33. The number of aliphatic carboxylic acids is 1. The Hall–Kier alpha value is -1.31. The number of amides is 1. The van der Waals surface area contributed by atoms with Crippen LogP contribution in [-0.4, -0.2) is 39.9 Å². The summed E-state index contributed by atoms with van der Waals surface area (Å²) in [4.78, 5) is 20.7. The Labute approximate surface area is 81.9 Å². The van der Waals surface area contributed by atoms with E-state index in [1.54, 1.807) is 5.32 Å². The summed E-state index contributed by atoms with van der Waals surface area (Å²) in [7, 11) is 0. The quantitative estimate of drug-likeness (QED) is 0.601. The van der Waals surface area contributed by atoms with Crippen molar-refractivity contribution < 1.29 is 33.0 Å². The number of carboxylic acids is 1. The van der Waals surface area contributed by atoms with E-state index in [-0.39, 0.29) is 0 Å². The Morgan fingerprint density at radius 2 is 1.80 bits per heavy atom. The van der Waals surface area contributed by atoms with Gasteiger partial charge in [0, 0.05) is 18.9 Å². The fraction of sp³-hybridized carbons (Fsp3) is 0.714. The van der Waals surface area contributed by atoms with Crippen LogP contribution in [-0.2, 0) is 9.59 Å². The average Bonchev–Trinajstić information content (AvgIpc) is 1.98. The number of aliphatic hydroxyl groups is 1. The molecule has 1 aliphatic carbocycles. The van der Waals surface area contributed by atoms with Gasteiger partial charge >= 0.3 is 18.1 Å². The van der Waals surface area contributed by atoms with E-state index in [1.807, 2.05) is 0 Å². The third kappa shape index (κ3) is 2.38. The first-order chi connectivity index (χ1) is 6.65. The minimum atomic E-state index is -4.99. The lowest BCUT2D eigenvalue weighted by molar-refractivity contribution is -0.182. The summed E-state index contributed by atoms with van der Waals surface area (Å²) < 4.78 is 35.2. The smallest absolute Gasteiger partial charge is 0.471 e. The Morgan fingerprint density at radius 1 is 1.33 bits per heavy atom. The zero-order valence-electron chi connectivity index (χ0n) is 7.34. The van der Waals surface area contributed by atoms with Crippen molar-refractivity contribution in [2.24, 2.45) is 0 Å². The molecule has 3 N–H and O–H groups in total. The van der Waals surface area contributed by atoms with E-state index in [9.17, 15) is 22.8 Å². The van der Waals surface area contributed by atoms with E-state index in [4.69, 9.17) is 10.2 Å². The van der Waals surface area contributed by atoms with E-state index in [1.165, 1.54) is 0 Å². The number of carbonyl (C=O) groups excluding carboxylic acids is 1. The Morgan fingerprint density at radius 3 is 2.13 bits per heavy atom. The largest absolute Gasteiger partial charge is 0.479 e. The maximum Gasteiger partial charge on any atom is 0.471 e. The van der Waals surface area contributed by atoms with Crippen LogP contribution in [0.2, 0.25) is 0 Å². The van der Waals surface area contributed by atoms with E-state index >= 15 is 0 Å². The average molecular weight is 227 g/mol. The van der Waals surface area contributed by atoms with Gasteiger partial charge in [-0.25, -0.2) is 4.79 Å². The molecule has 15 heavy (non-hydrogen) atoms. The molecule has 1 saturated carbocycles. The number of halogens is 3. The fourth-order valence-electron chi connectivity index (χ4n) is 1.30. The van der Waals surface area contributed by atoms with E-state index in [0.29, 0.717) is 0 Å². The molecule has 0 aliphatic heterocycles. The molecule has 5 nitrogen and oxygen atoms in total. The van der Waals surface area contributed by atoms with Crippen molar-refractivity contribution in [2.45, 2.75) is 30.7 Å². The number of alkyl halides is 3. The van der Waals surface area contributed by atoms with E-state index in [0.717, 1.165) is 0 Å². The molecule has 8 heteroatoms. The molecule has 0 heterocycles. The fourth-order valence-corrected chi connectivity index (χ4v) is 1.30. The van der Waals surface area contributed by atoms with Gasteiger partial charge in [0.05, 0.1) is 0 Å². The second-order valence-electron chi connectivity index (χ2n) is 3.41. The zero-order valence-corrected chi connectivity index (χ0v) is 7.34. The third-order valence-corrected chi connectivity index (χ3v) is 2.16. The second-order valence-corrected chi connectivity index (χ2v) is 3.41. The predicted octanol–water partition coefficient (Wildman–Crippen LogP) is -0.357. The van der Waals surface area contributed by atoms with Crippen LogP contribution in [0.5, 0.6) is 0 Å². The number of nitrogens with one attached hydrogen (secondary N) is 1. The Balaban J connectivity index is 2.42. The van der Waals surface area contributed by atoms with Gasteiger partial charge in [-0.05, 0) is 0 Å². The van der Waals surface area contributed by atoms with E-state index in [2.05, 4.69) is 0 Å². The normalized spacial score (nSPS) is 30.5. The second kappa shape index (κ2) is 3.37. The lowest BCUT2D eigenvalue weighted by atomic mass is 9.76. The summed E-state index contributed by atoms with van der Waals surface area (Å²) in [6, 6.07) is -0.944. The van der Waals surface area contributed by atoms with E-state index < -0.39 is 42.5 Å². The number of carbonyl (C=O) groups is 2. The first-order valence-electron chi connectivity index (χ1n) is 3.98. The van der Waals surface area contributed by atoms with Crippen LogP contribution in [0.25, 0.3) is 0 Å². The molecule has 86 valence electrons. The van der Waals surface area contributed by atoms with Crippen molar-refractivity contribution in [1.82, 2.24) is 5.32 Å². The van der Waals surface area contributed by atoms with Gasteiger partial charge < -0.3 is 15.5 Å². The summed E-state index contributed by atoms with van der Waals surface area (Å²) in [6.45, 7) is 0. The van der Waals surface area contributed by atoms with Crippen molar-refractivity contribution in [1.29, 1.82) is 0 Å². The minimum Gasteiger partial charge on any atom is -0.479 e. The van der Waals surface area contributed by atoms with Crippen LogP contribution in [0.1, 0.15) is 12.8 Å². The number of hydrogen-bond donors (Lipinski definition) is 3. The van der Waals surface area contributed by atoms with Gasteiger partial charge in [-0.3, -0.25) is 4.79 Å². The van der Waals surface area contributed by atoms with Crippen LogP contribution in [0.15, 0.2) is 0 Å². The molecular weight excluding hydrogens is 219 g/mol. The molecule has 0 aromatic carbocycles. The maximum atomic E-state index is 11.7. The van der Waals surface area contributed by atoms with Crippen molar-refractivity contribution in [3.8, 4) is 0 Å². The van der Waals surface area contributed by atoms with Crippen LogP contribution < -0.4 is 5.32 Å². The number of rotatable bonds is 2. The van der Waals surface area contributed by atoms with Gasteiger partial charge in [0.25, 0.3) is 0 Å². The molecular formula is C7H8F3NO4. The van der Waals surface area contributed by atoms with Crippen molar-refractivity contribution in [3.05, 3.63) is 0 Å². The first kappa shape index (κ1) is 11.8. The van der Waals surface area contributed by atoms with Gasteiger partial charge in [-0.1, -0.05) is 0 Å². The first-order valence-corrected chi connectivity index (χ1v) is 3.98. The summed E-state index contributed by atoms with van der Waals surface area (Å²) in [6.07, 6.45) is -5.81. The molecule has 1 fully saturated rings. The molecule has 0 atom stereocenters. The SMILES string of the molecule is O=C(NC1CC(O)(C(=O)O)C1)C(F)(F)F. The van der Waals surface area contributed by atoms with Gasteiger partial charge in [0.2, 0.25) is 0 Å². The summed E-state index contributed by atoms with van der Waals surface area (Å²) in [5, 5.41) is 19.1. The Bertz CT molecular complexity index is 295. The summed E-state index contributed by atoms with van der Waals surface area (Å²) in [5.41, 5.74) is -2.01. The minimum absolute atomic E-state index is 0.413. The lowest BCUT2D eigenvalue weighted by Crippen LogP contribution is -2.60. The van der Waals surface area contributed by atoms with Gasteiger partial charge in [-0.2, -0.15) is 13.2 Å². The third-order valence-electron chi connectivity index (χ3n) is 2.16. The highest BCUT2D eigenvalue weighted by Gasteiger charge is 2.51. The standard InChI is InChI=1S/C7H8F3NO4/c8-7(9,10)4(12)11-3-1-6(15,2-3)5(13)14/h3,15H,1-2H2,(H,11,12)(H,13,14). The predicted molar refractivity (Wildman–Crippen MR) is 39.8 cm³/mol. The molecule has 0 bridgehead atoms. The Kier molecular flexibility index (Phi) is 2.64. The number of carboxylic acid groups (broad SMARTS) is 1. The lowest BCUT2D eigenvalue weighted by Gasteiger charge is -2.40. The molecule has 0 saturated heterocycles. The van der Waals surface area contributed by atoms with Crippen LogP contribution >= 0.6 is 0 Å². The van der Waals surface area contributed by atoms with Crippen LogP contribution in [0.3, 0.4) is 0 Å². The highest BCUT2D eigenvalue weighted by atomic mass is 19.4. The molecule has 0 radical (unpaired) electrons. The molecule has 0 aromatic rings. The van der Waals surface area contributed by atoms with Crippen molar-refractivity contribution >= 4 is 11.9 Å². The summed E-state index contributed by atoms with van der Waals surface area (Å²) >= 11 is 0.